The van der Waals surface area contributed by atoms with Crippen LogP contribution in [0.1, 0.15) is 5.56 Å². The van der Waals surface area contributed by atoms with Gasteiger partial charge in [0.1, 0.15) is 11.5 Å². The van der Waals surface area contributed by atoms with Gasteiger partial charge in [0.05, 0.1) is 14.2 Å². The fraction of sp³-hybridized carbons (Fsp3) is 0.304. The third-order valence-electron chi connectivity index (χ3n) is 4.95. The minimum absolute atomic E-state index is 0.191. The van der Waals surface area contributed by atoms with Crippen molar-refractivity contribution in [1.82, 2.24) is 4.90 Å². The van der Waals surface area contributed by atoms with E-state index in [0.29, 0.717) is 18.8 Å². The summed E-state index contributed by atoms with van der Waals surface area (Å²) in [6.07, 6.45) is 2.91. The van der Waals surface area contributed by atoms with Gasteiger partial charge < -0.3 is 24.0 Å². The van der Waals surface area contributed by atoms with Crippen LogP contribution in [0.5, 0.6) is 11.5 Å². The molecule has 0 unspecified atom stereocenters. The predicted molar refractivity (Wildman–Crippen MR) is 115 cm³/mol. The highest BCUT2D eigenvalue weighted by Crippen LogP contribution is 2.21. The van der Waals surface area contributed by atoms with E-state index in [1.54, 1.807) is 31.3 Å². The highest BCUT2D eigenvalue weighted by molar-refractivity contribution is 5.89. The SMILES string of the molecule is COc1ccc(N2CCN(C(=O)COC(=O)/C=C/c3ccccc3OC)CC2)cc1. The Balaban J connectivity index is 1.44. The molecular weight excluding hydrogens is 384 g/mol. The van der Waals surface area contributed by atoms with Crippen LogP contribution in [0.15, 0.2) is 54.6 Å². The van der Waals surface area contributed by atoms with Crippen molar-refractivity contribution in [3.63, 3.8) is 0 Å². The van der Waals surface area contributed by atoms with E-state index in [0.717, 1.165) is 30.1 Å². The Bertz CT molecular complexity index is 887. The highest BCUT2D eigenvalue weighted by Gasteiger charge is 2.22. The van der Waals surface area contributed by atoms with Gasteiger partial charge in [-0.15, -0.1) is 0 Å². The number of carbonyl (C=O) groups excluding carboxylic acids is 2. The van der Waals surface area contributed by atoms with Crippen molar-refractivity contribution >= 4 is 23.6 Å². The molecule has 0 radical (unpaired) electrons. The summed E-state index contributed by atoms with van der Waals surface area (Å²) in [7, 11) is 3.21. The lowest BCUT2D eigenvalue weighted by Crippen LogP contribution is -2.49. The van der Waals surface area contributed by atoms with Gasteiger partial charge in [-0.05, 0) is 36.4 Å². The number of para-hydroxylation sites is 1. The molecule has 0 spiro atoms. The summed E-state index contributed by atoms with van der Waals surface area (Å²) in [5.41, 5.74) is 1.86. The van der Waals surface area contributed by atoms with E-state index in [4.69, 9.17) is 14.2 Å². The van der Waals surface area contributed by atoms with Gasteiger partial charge >= 0.3 is 5.97 Å². The second kappa shape index (κ2) is 10.3. The molecule has 0 N–H and O–H groups in total. The average Bonchev–Trinajstić information content (AvgIpc) is 2.81. The first kappa shape index (κ1) is 21.2. The zero-order chi connectivity index (χ0) is 21.3. The maximum absolute atomic E-state index is 12.4. The number of nitrogens with zero attached hydrogens (tertiary/aromatic N) is 2. The standard InChI is InChI=1S/C23H26N2O5/c1-28-20-10-8-19(9-11-20)24-13-15-25(16-14-24)22(26)17-30-23(27)12-7-18-5-3-4-6-21(18)29-2/h3-12H,13-17H2,1-2H3/b12-7+. The minimum atomic E-state index is -0.564. The number of benzene rings is 2. The molecule has 3 rings (SSSR count). The second-order valence-corrected chi connectivity index (χ2v) is 6.75. The Labute approximate surface area is 176 Å². The van der Waals surface area contributed by atoms with E-state index >= 15 is 0 Å². The number of methoxy groups -OCH3 is 2. The highest BCUT2D eigenvalue weighted by atomic mass is 16.5. The van der Waals surface area contributed by atoms with Crippen molar-refractivity contribution in [2.24, 2.45) is 0 Å². The topological polar surface area (TPSA) is 68.3 Å². The summed E-state index contributed by atoms with van der Waals surface area (Å²) < 4.78 is 15.5. The molecular formula is C23H26N2O5. The number of amides is 1. The quantitative estimate of drug-likeness (QED) is 0.516. The molecule has 1 fully saturated rings. The molecule has 158 valence electrons. The summed E-state index contributed by atoms with van der Waals surface area (Å²) in [5, 5.41) is 0. The lowest BCUT2D eigenvalue weighted by Gasteiger charge is -2.36. The number of ether oxygens (including phenoxy) is 3. The molecule has 0 aromatic heterocycles. The van der Waals surface area contributed by atoms with Crippen molar-refractivity contribution < 1.29 is 23.8 Å². The van der Waals surface area contributed by atoms with Gasteiger partial charge in [0.2, 0.25) is 0 Å². The van der Waals surface area contributed by atoms with Gasteiger partial charge in [-0.3, -0.25) is 4.79 Å². The van der Waals surface area contributed by atoms with E-state index in [1.165, 1.54) is 6.08 Å². The number of anilines is 1. The molecule has 1 saturated heterocycles. The Morgan fingerprint density at radius 3 is 2.30 bits per heavy atom. The Hall–Kier alpha value is -3.48. The van der Waals surface area contributed by atoms with Gasteiger partial charge in [0.25, 0.3) is 5.91 Å². The van der Waals surface area contributed by atoms with Gasteiger partial charge in [-0.25, -0.2) is 4.79 Å². The lowest BCUT2D eigenvalue weighted by molar-refractivity contribution is -0.148. The summed E-state index contributed by atoms with van der Waals surface area (Å²) in [4.78, 5) is 28.3. The van der Waals surface area contributed by atoms with Gasteiger partial charge in [-0.1, -0.05) is 18.2 Å². The molecule has 7 heteroatoms. The molecule has 30 heavy (non-hydrogen) atoms. The molecule has 1 heterocycles. The largest absolute Gasteiger partial charge is 0.497 e. The molecule has 0 bridgehead atoms. The molecule has 2 aromatic rings. The van der Waals surface area contributed by atoms with Crippen LogP contribution < -0.4 is 14.4 Å². The molecule has 1 aliphatic rings. The van der Waals surface area contributed by atoms with Crippen LogP contribution in [0, 0.1) is 0 Å². The first-order valence-electron chi connectivity index (χ1n) is 9.75. The molecule has 2 aromatic carbocycles. The Morgan fingerprint density at radius 2 is 1.63 bits per heavy atom. The van der Waals surface area contributed by atoms with Crippen LogP contribution in [-0.4, -0.2) is 63.8 Å². The van der Waals surface area contributed by atoms with E-state index in [9.17, 15) is 9.59 Å². The van der Waals surface area contributed by atoms with Crippen LogP contribution in [-0.2, 0) is 14.3 Å². The zero-order valence-corrected chi connectivity index (χ0v) is 17.2. The van der Waals surface area contributed by atoms with Crippen molar-refractivity contribution in [3.05, 3.63) is 60.2 Å². The monoisotopic (exact) mass is 410 g/mol. The van der Waals surface area contributed by atoms with Gasteiger partial charge in [0.15, 0.2) is 6.61 Å². The van der Waals surface area contributed by atoms with Crippen LogP contribution in [0.2, 0.25) is 0 Å². The minimum Gasteiger partial charge on any atom is -0.497 e. The predicted octanol–water partition coefficient (Wildman–Crippen LogP) is 2.61. The third kappa shape index (κ3) is 5.53. The molecule has 1 amide bonds. The van der Waals surface area contributed by atoms with Gasteiger partial charge in [0, 0.05) is 43.5 Å². The second-order valence-electron chi connectivity index (χ2n) is 6.75. The number of piperazine rings is 1. The van der Waals surface area contributed by atoms with E-state index in [-0.39, 0.29) is 12.5 Å². The first-order valence-corrected chi connectivity index (χ1v) is 9.75. The van der Waals surface area contributed by atoms with Crippen LogP contribution in [0.25, 0.3) is 6.08 Å². The first-order chi connectivity index (χ1) is 14.6. The van der Waals surface area contributed by atoms with Gasteiger partial charge in [-0.2, -0.15) is 0 Å². The fourth-order valence-electron chi connectivity index (χ4n) is 3.24. The number of esters is 1. The van der Waals surface area contributed by atoms with Crippen LogP contribution in [0.3, 0.4) is 0 Å². The van der Waals surface area contributed by atoms with Crippen molar-refractivity contribution in [3.8, 4) is 11.5 Å². The molecule has 0 saturated carbocycles. The number of carbonyl (C=O) groups is 2. The number of rotatable bonds is 7. The van der Waals surface area contributed by atoms with Crippen LogP contribution in [0.4, 0.5) is 5.69 Å². The van der Waals surface area contributed by atoms with E-state index in [1.807, 2.05) is 42.5 Å². The molecule has 0 aliphatic carbocycles. The van der Waals surface area contributed by atoms with E-state index < -0.39 is 5.97 Å². The molecule has 0 atom stereocenters. The maximum atomic E-state index is 12.4. The summed E-state index contributed by atoms with van der Waals surface area (Å²) in [6, 6.07) is 15.2. The fourth-order valence-corrected chi connectivity index (χ4v) is 3.24. The third-order valence-corrected chi connectivity index (χ3v) is 4.95. The Morgan fingerprint density at radius 1 is 0.933 bits per heavy atom. The van der Waals surface area contributed by atoms with E-state index in [2.05, 4.69) is 4.90 Å². The normalized spacial score (nSPS) is 13.9. The number of hydrogen-bond donors (Lipinski definition) is 0. The van der Waals surface area contributed by atoms with Crippen molar-refractivity contribution in [1.29, 1.82) is 0 Å². The summed E-state index contributed by atoms with van der Waals surface area (Å²) in [6.45, 7) is 2.34. The number of hydrogen-bond acceptors (Lipinski definition) is 6. The maximum Gasteiger partial charge on any atom is 0.331 e. The summed E-state index contributed by atoms with van der Waals surface area (Å²) >= 11 is 0. The molecule has 7 nitrogen and oxygen atoms in total. The zero-order valence-electron chi connectivity index (χ0n) is 17.2. The Kier molecular flexibility index (Phi) is 7.32. The molecule has 1 aliphatic heterocycles. The van der Waals surface area contributed by atoms with Crippen LogP contribution >= 0.6 is 0 Å². The van der Waals surface area contributed by atoms with Crippen molar-refractivity contribution in [2.75, 3.05) is 51.9 Å². The average molecular weight is 410 g/mol. The van der Waals surface area contributed by atoms with Crippen molar-refractivity contribution in [2.45, 2.75) is 0 Å². The summed E-state index contributed by atoms with van der Waals surface area (Å²) in [5.74, 6) is 0.719. The lowest BCUT2D eigenvalue weighted by atomic mass is 10.2. The smallest absolute Gasteiger partial charge is 0.331 e.